The predicted octanol–water partition coefficient (Wildman–Crippen LogP) is 2.98. The first-order valence-corrected chi connectivity index (χ1v) is 10.4. The van der Waals surface area contributed by atoms with E-state index in [-0.39, 0.29) is 5.69 Å². The summed E-state index contributed by atoms with van der Waals surface area (Å²) in [6.07, 6.45) is 6.54. The fraction of sp³-hybridized carbons (Fsp3) is 0.160. The minimum absolute atomic E-state index is 0.169. The number of nitrogens with zero attached hydrogens (tertiary/aromatic N) is 5. The Labute approximate surface area is 191 Å². The Morgan fingerprint density at radius 3 is 2.61 bits per heavy atom. The average molecular weight is 442 g/mol. The summed E-state index contributed by atoms with van der Waals surface area (Å²) in [6, 6.07) is 9.64. The van der Waals surface area contributed by atoms with Crippen LogP contribution in [0.4, 0.5) is 5.82 Å². The molecule has 0 aliphatic carbocycles. The van der Waals surface area contributed by atoms with E-state index < -0.39 is 0 Å². The molecule has 0 spiro atoms. The smallest absolute Gasteiger partial charge is 0.333 e. The Kier molecular flexibility index (Phi) is 5.51. The van der Waals surface area contributed by atoms with Crippen molar-refractivity contribution in [3.05, 3.63) is 88.9 Å². The third kappa shape index (κ3) is 3.65. The van der Waals surface area contributed by atoms with Crippen molar-refractivity contribution in [1.82, 2.24) is 19.1 Å². The Balaban J connectivity index is 2.07. The van der Waals surface area contributed by atoms with Crippen LogP contribution in [0.2, 0.25) is 0 Å². The maximum Gasteiger partial charge on any atom is 0.333 e. The summed E-state index contributed by atoms with van der Waals surface area (Å²) in [5.74, 6) is 0.822. The summed E-state index contributed by atoms with van der Waals surface area (Å²) in [7, 11) is 5.61. The molecule has 0 saturated carbocycles. The minimum atomic E-state index is -0.169. The number of hydrogen-bond donors (Lipinski definition) is 2. The molecule has 8 heteroatoms. The number of aromatic nitrogens is 4. The molecule has 168 valence electrons. The Hall–Kier alpha value is -4.33. The summed E-state index contributed by atoms with van der Waals surface area (Å²) in [5, 5.41) is 0.823. The lowest BCUT2D eigenvalue weighted by atomic mass is 10.0. The van der Waals surface area contributed by atoms with Gasteiger partial charge in [0.05, 0.1) is 34.1 Å². The molecule has 4 N–H and O–H groups in total. The molecule has 0 radical (unpaired) electrons. The lowest BCUT2D eigenvalue weighted by Crippen LogP contribution is -2.22. The molecule has 0 bridgehead atoms. The van der Waals surface area contributed by atoms with Gasteiger partial charge in [-0.1, -0.05) is 12.6 Å². The number of nitrogens with two attached hydrogens (primary N) is 2. The molecule has 33 heavy (non-hydrogen) atoms. The maximum absolute atomic E-state index is 13.4. The second-order valence-electron chi connectivity index (χ2n) is 8.04. The number of imidazole rings is 1. The van der Waals surface area contributed by atoms with E-state index in [2.05, 4.69) is 16.5 Å². The summed E-state index contributed by atoms with van der Waals surface area (Å²) in [5.41, 5.74) is 17.5. The van der Waals surface area contributed by atoms with Gasteiger partial charge in [0.15, 0.2) is 0 Å². The van der Waals surface area contributed by atoms with Crippen molar-refractivity contribution in [2.45, 2.75) is 6.92 Å². The normalized spacial score (nSPS) is 12.5. The number of fused-ring (bicyclic) bond motifs is 3. The first-order chi connectivity index (χ1) is 15.8. The SMILES string of the molecule is C=C/C(N)=C\C(=C/N)c1ccc2ncc3c(c2c1)n(-c1ccc(N(C)C)nc1C)c(=O)n3C. The fourth-order valence-electron chi connectivity index (χ4n) is 3.89. The Morgan fingerprint density at radius 2 is 1.97 bits per heavy atom. The first kappa shape index (κ1) is 21.9. The van der Waals surface area contributed by atoms with Crippen molar-refractivity contribution in [3.63, 3.8) is 0 Å². The second kappa shape index (κ2) is 8.31. The quantitative estimate of drug-likeness (QED) is 0.461. The summed E-state index contributed by atoms with van der Waals surface area (Å²) in [4.78, 5) is 24.5. The molecule has 0 atom stereocenters. The Morgan fingerprint density at radius 1 is 1.21 bits per heavy atom. The number of aryl methyl sites for hydroxylation is 2. The molecule has 0 saturated heterocycles. The molecule has 0 fully saturated rings. The van der Waals surface area contributed by atoms with Crippen LogP contribution in [0.3, 0.4) is 0 Å². The van der Waals surface area contributed by atoms with Crippen molar-refractivity contribution in [2.75, 3.05) is 19.0 Å². The molecule has 0 unspecified atom stereocenters. The van der Waals surface area contributed by atoms with Gasteiger partial charge < -0.3 is 16.4 Å². The van der Waals surface area contributed by atoms with Gasteiger partial charge in [-0.05, 0) is 54.5 Å². The lowest BCUT2D eigenvalue weighted by Gasteiger charge is -2.14. The molecule has 3 aromatic heterocycles. The van der Waals surface area contributed by atoms with Gasteiger partial charge in [0.2, 0.25) is 0 Å². The van der Waals surface area contributed by atoms with Crippen LogP contribution in [0.25, 0.3) is 33.2 Å². The molecule has 4 aromatic rings. The van der Waals surface area contributed by atoms with Crippen LogP contribution in [0.5, 0.6) is 0 Å². The molecule has 3 heterocycles. The number of allylic oxidation sites excluding steroid dienone is 3. The zero-order chi connectivity index (χ0) is 23.9. The first-order valence-electron chi connectivity index (χ1n) is 10.4. The van der Waals surface area contributed by atoms with Crippen molar-refractivity contribution in [3.8, 4) is 5.69 Å². The minimum Gasteiger partial charge on any atom is -0.404 e. The highest BCUT2D eigenvalue weighted by atomic mass is 16.1. The van der Waals surface area contributed by atoms with Crippen molar-refractivity contribution >= 4 is 33.3 Å². The molecule has 0 amide bonds. The third-order valence-electron chi connectivity index (χ3n) is 5.70. The summed E-state index contributed by atoms with van der Waals surface area (Å²) < 4.78 is 3.30. The monoisotopic (exact) mass is 441 g/mol. The highest BCUT2D eigenvalue weighted by molar-refractivity contribution is 6.04. The van der Waals surface area contributed by atoms with Crippen LogP contribution in [-0.2, 0) is 7.05 Å². The molecule has 8 nitrogen and oxygen atoms in total. The van der Waals surface area contributed by atoms with Crippen molar-refractivity contribution in [2.24, 2.45) is 18.5 Å². The Bertz CT molecular complexity index is 1520. The number of hydrogen-bond acceptors (Lipinski definition) is 6. The lowest BCUT2D eigenvalue weighted by molar-refractivity contribution is 0.839. The summed E-state index contributed by atoms with van der Waals surface area (Å²) in [6.45, 7) is 5.60. The molecule has 1 aromatic carbocycles. The third-order valence-corrected chi connectivity index (χ3v) is 5.70. The van der Waals surface area contributed by atoms with Crippen LogP contribution < -0.4 is 22.1 Å². The van der Waals surface area contributed by atoms with E-state index in [0.29, 0.717) is 5.70 Å². The largest absolute Gasteiger partial charge is 0.404 e. The topological polar surface area (TPSA) is 108 Å². The van der Waals surface area contributed by atoms with E-state index in [1.54, 1.807) is 34.5 Å². The van der Waals surface area contributed by atoms with Crippen LogP contribution in [0.1, 0.15) is 11.3 Å². The standard InChI is InChI=1S/C25H27N7O/c1-6-18(27)11-17(13-26)16-7-8-20-19(12-16)24-22(14-28-20)31(5)25(33)32(24)21-9-10-23(30(3)4)29-15(21)2/h6-14H,1,26-27H2,2-5H3/b17-13+,18-11+. The highest BCUT2D eigenvalue weighted by Crippen LogP contribution is 2.29. The molecule has 0 aliphatic heterocycles. The van der Waals surface area contributed by atoms with Gasteiger partial charge >= 0.3 is 5.69 Å². The van der Waals surface area contributed by atoms with Gasteiger partial charge in [-0.15, -0.1) is 0 Å². The van der Waals surface area contributed by atoms with Gasteiger partial charge in [-0.3, -0.25) is 14.1 Å². The molecular weight excluding hydrogens is 414 g/mol. The van der Waals surface area contributed by atoms with Gasteiger partial charge in [-0.25, -0.2) is 9.78 Å². The van der Waals surface area contributed by atoms with Crippen molar-refractivity contribution < 1.29 is 0 Å². The van der Waals surface area contributed by atoms with Gasteiger partial charge in [0.1, 0.15) is 5.82 Å². The van der Waals surface area contributed by atoms with Gasteiger partial charge in [0.25, 0.3) is 0 Å². The van der Waals surface area contributed by atoms with Crippen LogP contribution in [0, 0.1) is 6.92 Å². The maximum atomic E-state index is 13.4. The van der Waals surface area contributed by atoms with E-state index in [4.69, 9.17) is 11.5 Å². The van der Waals surface area contributed by atoms with E-state index >= 15 is 0 Å². The van der Waals surface area contributed by atoms with Crippen LogP contribution in [-0.4, -0.2) is 33.2 Å². The van der Waals surface area contributed by atoms with Gasteiger partial charge in [-0.2, -0.15) is 0 Å². The number of pyridine rings is 2. The van der Waals surface area contributed by atoms with E-state index in [1.165, 1.54) is 6.20 Å². The highest BCUT2D eigenvalue weighted by Gasteiger charge is 2.18. The van der Waals surface area contributed by atoms with E-state index in [9.17, 15) is 4.79 Å². The zero-order valence-electron chi connectivity index (χ0n) is 19.2. The number of rotatable bonds is 5. The molecule has 0 aliphatic rings. The fourth-order valence-corrected chi connectivity index (χ4v) is 3.89. The predicted molar refractivity (Wildman–Crippen MR) is 135 cm³/mol. The van der Waals surface area contributed by atoms with Crippen LogP contribution >= 0.6 is 0 Å². The number of anilines is 1. The van der Waals surface area contributed by atoms with Crippen molar-refractivity contribution in [1.29, 1.82) is 0 Å². The molecule has 4 rings (SSSR count). The molecular formula is C25H27N7O. The second-order valence-corrected chi connectivity index (χ2v) is 8.04. The van der Waals surface area contributed by atoms with Gasteiger partial charge in [0, 0.05) is 38.4 Å². The average Bonchev–Trinajstić information content (AvgIpc) is 3.07. The summed E-state index contributed by atoms with van der Waals surface area (Å²) >= 11 is 0. The van der Waals surface area contributed by atoms with E-state index in [1.807, 2.05) is 56.3 Å². The number of benzene rings is 1. The van der Waals surface area contributed by atoms with Crippen LogP contribution in [0.15, 0.2) is 72.0 Å². The van der Waals surface area contributed by atoms with E-state index in [0.717, 1.165) is 50.3 Å². The zero-order valence-corrected chi connectivity index (χ0v) is 19.2.